The number of ketones is 2. The molecule has 0 amide bonds. The first-order valence-corrected chi connectivity index (χ1v) is 6.98. The molecule has 0 saturated carbocycles. The molecule has 0 radical (unpaired) electrons. The zero-order chi connectivity index (χ0) is 15.4. The normalized spacial score (nSPS) is 21.4. The van der Waals surface area contributed by atoms with Gasteiger partial charge in [-0.25, -0.2) is 0 Å². The van der Waals surface area contributed by atoms with Gasteiger partial charge in [0, 0.05) is 11.1 Å². The maximum atomic E-state index is 12.4. The smallest absolute Gasteiger partial charge is 0.195 e. The van der Waals surface area contributed by atoms with E-state index in [1.165, 1.54) is 0 Å². The van der Waals surface area contributed by atoms with E-state index in [-0.39, 0.29) is 11.1 Å². The lowest BCUT2D eigenvalue weighted by Gasteiger charge is -2.24. The third kappa shape index (κ3) is 1.59. The predicted octanol–water partition coefficient (Wildman–Crippen LogP) is 2.09. The number of fused-ring (bicyclic) bond motifs is 5. The lowest BCUT2D eigenvalue weighted by atomic mass is 9.82. The molecule has 3 aromatic rings. The van der Waals surface area contributed by atoms with E-state index in [2.05, 4.69) is 0 Å². The molecule has 3 aromatic carbocycles. The molecule has 22 heavy (non-hydrogen) atoms. The summed E-state index contributed by atoms with van der Waals surface area (Å²) >= 11 is 0. The van der Waals surface area contributed by atoms with Crippen molar-refractivity contribution in [3.63, 3.8) is 0 Å². The molecule has 2 atom stereocenters. The van der Waals surface area contributed by atoms with Crippen LogP contribution in [0.25, 0.3) is 21.5 Å². The van der Waals surface area contributed by atoms with Gasteiger partial charge in [0.05, 0.1) is 0 Å². The van der Waals surface area contributed by atoms with Gasteiger partial charge in [-0.15, -0.1) is 0 Å². The van der Waals surface area contributed by atoms with Crippen LogP contribution in [0.2, 0.25) is 0 Å². The van der Waals surface area contributed by atoms with E-state index in [9.17, 15) is 19.8 Å². The highest BCUT2D eigenvalue weighted by Gasteiger charge is 2.40. The van der Waals surface area contributed by atoms with Gasteiger partial charge in [-0.2, -0.15) is 0 Å². The van der Waals surface area contributed by atoms with Crippen LogP contribution >= 0.6 is 0 Å². The minimum absolute atomic E-state index is 0.172. The number of rotatable bonds is 0. The second-order valence-corrected chi connectivity index (χ2v) is 5.49. The molecule has 0 fully saturated rings. The molecule has 0 heterocycles. The lowest BCUT2D eigenvalue weighted by molar-refractivity contribution is 0.0185. The van der Waals surface area contributed by atoms with Gasteiger partial charge in [-0.3, -0.25) is 9.59 Å². The van der Waals surface area contributed by atoms with E-state index in [1.807, 2.05) is 30.3 Å². The number of Topliss-reactive ketones (excluding diaryl/α,β-unsaturated/α-hetero) is 2. The minimum Gasteiger partial charge on any atom is -0.382 e. The number of hydrogen-bond acceptors (Lipinski definition) is 4. The molecular weight excluding hydrogens is 280 g/mol. The van der Waals surface area contributed by atoms with Gasteiger partial charge in [0.1, 0.15) is 0 Å². The predicted molar refractivity (Wildman–Crippen MR) is 82.1 cm³/mol. The molecule has 4 rings (SSSR count). The van der Waals surface area contributed by atoms with Crippen LogP contribution in [0.15, 0.2) is 48.5 Å². The first-order valence-electron chi connectivity index (χ1n) is 6.98. The van der Waals surface area contributed by atoms with E-state index in [4.69, 9.17) is 0 Å². The molecule has 4 nitrogen and oxygen atoms in total. The number of carbonyl (C=O) groups excluding carboxylic acids is 2. The largest absolute Gasteiger partial charge is 0.382 e. The third-order valence-corrected chi connectivity index (χ3v) is 4.27. The summed E-state index contributed by atoms with van der Waals surface area (Å²) in [5, 5.41) is 23.0. The Morgan fingerprint density at radius 3 is 2.18 bits per heavy atom. The summed E-state index contributed by atoms with van der Waals surface area (Å²) in [6.45, 7) is 0. The van der Waals surface area contributed by atoms with Gasteiger partial charge in [-0.05, 0) is 27.6 Å². The highest BCUT2D eigenvalue weighted by atomic mass is 16.3. The fraction of sp³-hybridized carbons (Fsp3) is 0.111. The second-order valence-electron chi connectivity index (χ2n) is 5.49. The van der Waals surface area contributed by atoms with Crippen molar-refractivity contribution in [1.29, 1.82) is 0 Å². The van der Waals surface area contributed by atoms with E-state index < -0.39 is 23.8 Å². The summed E-state index contributed by atoms with van der Waals surface area (Å²) in [7, 11) is 0. The molecule has 0 aromatic heterocycles. The average Bonchev–Trinajstić information content (AvgIpc) is 2.56. The van der Waals surface area contributed by atoms with Gasteiger partial charge in [-0.1, -0.05) is 42.5 Å². The fourth-order valence-electron chi connectivity index (χ4n) is 3.15. The Kier molecular flexibility index (Phi) is 2.66. The maximum Gasteiger partial charge on any atom is 0.195 e. The minimum atomic E-state index is -1.70. The van der Waals surface area contributed by atoms with Crippen molar-refractivity contribution in [2.75, 3.05) is 0 Å². The molecule has 1 aliphatic carbocycles. The fourth-order valence-corrected chi connectivity index (χ4v) is 3.15. The van der Waals surface area contributed by atoms with Crippen LogP contribution in [0.1, 0.15) is 20.7 Å². The first-order chi connectivity index (χ1) is 10.6. The van der Waals surface area contributed by atoms with Crippen molar-refractivity contribution in [1.82, 2.24) is 0 Å². The Bertz CT molecular complexity index is 958. The molecule has 0 spiro atoms. The Morgan fingerprint density at radius 2 is 1.36 bits per heavy atom. The number of benzene rings is 3. The summed E-state index contributed by atoms with van der Waals surface area (Å²) in [5.41, 5.74) is 0.372. The molecule has 0 aliphatic heterocycles. The van der Waals surface area contributed by atoms with Crippen molar-refractivity contribution in [3.8, 4) is 0 Å². The Balaban J connectivity index is 2.15. The maximum absolute atomic E-state index is 12.4. The van der Waals surface area contributed by atoms with Crippen molar-refractivity contribution in [3.05, 3.63) is 59.7 Å². The monoisotopic (exact) mass is 292 g/mol. The SMILES string of the molecule is O=C1c2ccc3c(ccc4ccccc43)c2C(=O)[C@H](O)[C@@H]1O. The number of aliphatic hydroxyl groups is 2. The van der Waals surface area contributed by atoms with Gasteiger partial charge in [0.15, 0.2) is 23.8 Å². The topological polar surface area (TPSA) is 74.6 Å². The zero-order valence-corrected chi connectivity index (χ0v) is 11.5. The Labute approximate surface area is 125 Å². The molecule has 1 aliphatic rings. The quantitative estimate of drug-likeness (QED) is 0.622. The van der Waals surface area contributed by atoms with E-state index >= 15 is 0 Å². The number of hydrogen-bond donors (Lipinski definition) is 2. The van der Waals surface area contributed by atoms with Crippen molar-refractivity contribution < 1.29 is 19.8 Å². The van der Waals surface area contributed by atoms with E-state index in [0.717, 1.165) is 16.2 Å². The Morgan fingerprint density at radius 1 is 0.682 bits per heavy atom. The summed E-state index contributed by atoms with van der Waals surface area (Å²) in [6, 6.07) is 14.8. The molecular formula is C18H12O4. The molecule has 4 heteroatoms. The van der Waals surface area contributed by atoms with Crippen molar-refractivity contribution in [2.45, 2.75) is 12.2 Å². The first kappa shape index (κ1) is 13.1. The molecule has 0 saturated heterocycles. The van der Waals surface area contributed by atoms with E-state index in [0.29, 0.717) is 5.39 Å². The van der Waals surface area contributed by atoms with E-state index in [1.54, 1.807) is 18.2 Å². The summed E-state index contributed by atoms with van der Waals surface area (Å²) in [4.78, 5) is 24.5. The van der Waals surface area contributed by atoms with Crippen LogP contribution in [0.5, 0.6) is 0 Å². The van der Waals surface area contributed by atoms with Gasteiger partial charge in [0.25, 0.3) is 0 Å². The third-order valence-electron chi connectivity index (χ3n) is 4.27. The Hall–Kier alpha value is -2.56. The van der Waals surface area contributed by atoms with Crippen LogP contribution in [0.4, 0.5) is 0 Å². The van der Waals surface area contributed by atoms with Crippen molar-refractivity contribution in [2.24, 2.45) is 0 Å². The highest BCUT2D eigenvalue weighted by molar-refractivity contribution is 6.25. The molecule has 108 valence electrons. The van der Waals surface area contributed by atoms with Crippen LogP contribution < -0.4 is 0 Å². The van der Waals surface area contributed by atoms with Crippen LogP contribution in [-0.4, -0.2) is 34.0 Å². The van der Waals surface area contributed by atoms with Crippen LogP contribution in [0, 0.1) is 0 Å². The summed E-state index contributed by atoms with van der Waals surface area (Å²) in [5.74, 6) is -1.22. The molecule has 2 N–H and O–H groups in total. The van der Waals surface area contributed by atoms with Gasteiger partial charge >= 0.3 is 0 Å². The molecule has 0 bridgehead atoms. The number of carbonyl (C=O) groups is 2. The standard InChI is InChI=1S/C18H12O4/c19-15-13-8-7-11-10-4-2-1-3-9(10)5-6-12(11)14(13)16(20)18(22)17(15)21/h1-8,17-18,21-22H/t17-,18+/m1/s1. The lowest BCUT2D eigenvalue weighted by Crippen LogP contribution is -2.45. The average molecular weight is 292 g/mol. The van der Waals surface area contributed by atoms with Gasteiger partial charge < -0.3 is 10.2 Å². The summed E-state index contributed by atoms with van der Waals surface area (Å²) < 4.78 is 0. The molecule has 0 unspecified atom stereocenters. The zero-order valence-electron chi connectivity index (χ0n) is 11.5. The van der Waals surface area contributed by atoms with Crippen LogP contribution in [-0.2, 0) is 0 Å². The summed E-state index contributed by atoms with van der Waals surface area (Å²) in [6.07, 6.45) is -3.38. The highest BCUT2D eigenvalue weighted by Crippen LogP contribution is 2.33. The van der Waals surface area contributed by atoms with Crippen molar-refractivity contribution >= 4 is 33.1 Å². The van der Waals surface area contributed by atoms with Gasteiger partial charge in [0.2, 0.25) is 0 Å². The van der Waals surface area contributed by atoms with Crippen LogP contribution in [0.3, 0.4) is 0 Å². The number of aliphatic hydroxyl groups excluding tert-OH is 2. The second kappa shape index (κ2) is 4.47.